The van der Waals surface area contributed by atoms with E-state index in [9.17, 15) is 4.79 Å². The molecule has 0 radical (unpaired) electrons. The molecule has 0 saturated heterocycles. The quantitative estimate of drug-likeness (QED) is 0.450. The number of benzene rings is 2. The maximum atomic E-state index is 12.3. The van der Waals surface area contributed by atoms with Gasteiger partial charge in [-0.3, -0.25) is 0 Å². The van der Waals surface area contributed by atoms with Gasteiger partial charge < -0.3 is 15.2 Å². The zero-order chi connectivity index (χ0) is 20.2. The second-order valence-corrected chi connectivity index (χ2v) is 7.51. The SMILES string of the molecule is Cc1ccc(-c2nc3cccnc3n2CCNC(=O)Nc2ccccc2Br)cc1. The van der Waals surface area contributed by atoms with Gasteiger partial charge in [-0.25, -0.2) is 14.8 Å². The first-order valence-electron chi connectivity index (χ1n) is 9.29. The van der Waals surface area contributed by atoms with Crippen LogP contribution in [-0.2, 0) is 6.54 Å². The van der Waals surface area contributed by atoms with Crippen molar-refractivity contribution in [2.24, 2.45) is 0 Å². The Morgan fingerprint density at radius 1 is 1.07 bits per heavy atom. The molecule has 0 atom stereocenters. The molecule has 7 heteroatoms. The highest BCUT2D eigenvalue weighted by Gasteiger charge is 2.13. The van der Waals surface area contributed by atoms with E-state index in [4.69, 9.17) is 4.98 Å². The van der Waals surface area contributed by atoms with Crippen LogP contribution < -0.4 is 10.6 Å². The number of aryl methyl sites for hydroxylation is 1. The van der Waals surface area contributed by atoms with Crippen molar-refractivity contribution in [1.82, 2.24) is 19.9 Å². The van der Waals surface area contributed by atoms with Gasteiger partial charge in [0, 0.05) is 29.3 Å². The maximum Gasteiger partial charge on any atom is 0.319 e. The highest BCUT2D eigenvalue weighted by molar-refractivity contribution is 9.10. The van der Waals surface area contributed by atoms with Gasteiger partial charge in [0.05, 0.1) is 5.69 Å². The van der Waals surface area contributed by atoms with E-state index >= 15 is 0 Å². The first-order valence-corrected chi connectivity index (χ1v) is 10.1. The molecule has 0 unspecified atom stereocenters. The van der Waals surface area contributed by atoms with Crippen LogP contribution in [0.2, 0.25) is 0 Å². The number of amides is 2. The van der Waals surface area contributed by atoms with E-state index in [0.29, 0.717) is 13.1 Å². The number of rotatable bonds is 5. The molecule has 2 aromatic heterocycles. The van der Waals surface area contributed by atoms with Crippen molar-refractivity contribution < 1.29 is 4.79 Å². The fourth-order valence-corrected chi connectivity index (χ4v) is 3.49. The summed E-state index contributed by atoms with van der Waals surface area (Å²) < 4.78 is 2.88. The number of nitrogens with zero attached hydrogens (tertiary/aromatic N) is 3. The number of para-hydroxylation sites is 1. The molecule has 4 aromatic rings. The lowest BCUT2D eigenvalue weighted by Gasteiger charge is -2.11. The predicted octanol–water partition coefficient (Wildman–Crippen LogP) is 4.99. The summed E-state index contributed by atoms with van der Waals surface area (Å²) in [5.74, 6) is 0.840. The Hall–Kier alpha value is -3.19. The molecule has 29 heavy (non-hydrogen) atoms. The number of pyridine rings is 1. The van der Waals surface area contributed by atoms with Gasteiger partial charge in [-0.1, -0.05) is 42.0 Å². The molecule has 0 fully saturated rings. The second kappa shape index (κ2) is 8.45. The lowest BCUT2D eigenvalue weighted by atomic mass is 10.1. The Morgan fingerprint density at radius 3 is 2.66 bits per heavy atom. The van der Waals surface area contributed by atoms with Gasteiger partial charge in [0.2, 0.25) is 0 Å². The summed E-state index contributed by atoms with van der Waals surface area (Å²) in [5.41, 5.74) is 4.57. The van der Waals surface area contributed by atoms with Crippen LogP contribution >= 0.6 is 15.9 Å². The van der Waals surface area contributed by atoms with Crippen molar-refractivity contribution >= 4 is 38.8 Å². The highest BCUT2D eigenvalue weighted by Crippen LogP contribution is 2.24. The molecule has 146 valence electrons. The Kier molecular flexibility index (Phi) is 5.57. The van der Waals surface area contributed by atoms with Gasteiger partial charge in [0.25, 0.3) is 0 Å². The van der Waals surface area contributed by atoms with Gasteiger partial charge >= 0.3 is 6.03 Å². The molecule has 0 saturated carbocycles. The molecule has 2 aromatic carbocycles. The van der Waals surface area contributed by atoms with E-state index in [-0.39, 0.29) is 6.03 Å². The minimum atomic E-state index is -0.258. The number of urea groups is 1. The number of nitrogens with one attached hydrogen (secondary N) is 2. The Balaban J connectivity index is 1.51. The monoisotopic (exact) mass is 449 g/mol. The van der Waals surface area contributed by atoms with Gasteiger partial charge in [-0.15, -0.1) is 0 Å². The standard InChI is InChI=1S/C22H20BrN5O/c1-15-8-10-16(11-9-15)20-26-19-7-4-12-24-21(19)28(20)14-13-25-22(29)27-18-6-3-2-5-17(18)23/h2-12H,13-14H2,1H3,(H2,25,27,29). The molecule has 0 bridgehead atoms. The zero-order valence-electron chi connectivity index (χ0n) is 15.9. The molecule has 0 aliphatic rings. The smallest absolute Gasteiger partial charge is 0.319 e. The van der Waals surface area contributed by atoms with Crippen molar-refractivity contribution in [2.45, 2.75) is 13.5 Å². The summed E-state index contributed by atoms with van der Waals surface area (Å²) in [7, 11) is 0. The molecule has 2 amide bonds. The summed E-state index contributed by atoms with van der Waals surface area (Å²) in [6, 6.07) is 19.3. The van der Waals surface area contributed by atoms with Crippen molar-refractivity contribution in [3.05, 3.63) is 76.9 Å². The summed E-state index contributed by atoms with van der Waals surface area (Å²) in [6.45, 7) is 3.05. The third kappa shape index (κ3) is 4.30. The Morgan fingerprint density at radius 2 is 1.86 bits per heavy atom. The van der Waals surface area contributed by atoms with Crippen molar-refractivity contribution in [3.63, 3.8) is 0 Å². The number of imidazole rings is 1. The number of hydrogen-bond acceptors (Lipinski definition) is 3. The highest BCUT2D eigenvalue weighted by atomic mass is 79.9. The molecular weight excluding hydrogens is 430 g/mol. The van der Waals surface area contributed by atoms with Gasteiger partial charge in [-0.05, 0) is 47.1 Å². The summed E-state index contributed by atoms with van der Waals surface area (Å²) in [6.07, 6.45) is 1.76. The largest absolute Gasteiger partial charge is 0.336 e. The van der Waals surface area contributed by atoms with Crippen LogP contribution in [0.1, 0.15) is 5.56 Å². The normalized spacial score (nSPS) is 10.8. The predicted molar refractivity (Wildman–Crippen MR) is 119 cm³/mol. The molecule has 2 heterocycles. The van der Waals surface area contributed by atoms with E-state index in [1.165, 1.54) is 5.56 Å². The molecule has 4 rings (SSSR count). The molecule has 0 aliphatic carbocycles. The summed E-state index contributed by atoms with van der Waals surface area (Å²) in [4.78, 5) is 21.5. The lowest BCUT2D eigenvalue weighted by molar-refractivity contribution is 0.251. The Bertz CT molecular complexity index is 1150. The third-order valence-corrected chi connectivity index (χ3v) is 5.25. The van der Waals surface area contributed by atoms with E-state index < -0.39 is 0 Å². The fourth-order valence-electron chi connectivity index (χ4n) is 3.10. The molecule has 0 spiro atoms. The van der Waals surface area contributed by atoms with E-state index in [1.54, 1.807) is 6.20 Å². The van der Waals surface area contributed by atoms with E-state index in [1.807, 2.05) is 41.0 Å². The fraction of sp³-hybridized carbons (Fsp3) is 0.136. The van der Waals surface area contributed by atoms with Gasteiger partial charge in [-0.2, -0.15) is 0 Å². The first kappa shape index (κ1) is 19.1. The maximum absolute atomic E-state index is 12.3. The molecule has 2 N–H and O–H groups in total. The lowest BCUT2D eigenvalue weighted by Crippen LogP contribution is -2.31. The topological polar surface area (TPSA) is 71.8 Å². The van der Waals surface area contributed by atoms with Crippen LogP contribution in [0.3, 0.4) is 0 Å². The first-order chi connectivity index (χ1) is 14.1. The van der Waals surface area contributed by atoms with Crippen LogP contribution in [0, 0.1) is 6.92 Å². The minimum Gasteiger partial charge on any atom is -0.336 e. The number of carbonyl (C=O) groups excluding carboxylic acids is 1. The van der Waals surface area contributed by atoms with Crippen LogP contribution in [0.4, 0.5) is 10.5 Å². The van der Waals surface area contributed by atoms with Crippen LogP contribution in [0.25, 0.3) is 22.6 Å². The van der Waals surface area contributed by atoms with Crippen molar-refractivity contribution in [1.29, 1.82) is 0 Å². The number of halogens is 1. The minimum absolute atomic E-state index is 0.258. The molecule has 6 nitrogen and oxygen atoms in total. The second-order valence-electron chi connectivity index (χ2n) is 6.66. The van der Waals surface area contributed by atoms with Crippen LogP contribution in [0.15, 0.2) is 71.3 Å². The number of aromatic nitrogens is 3. The number of carbonyl (C=O) groups is 1. The van der Waals surface area contributed by atoms with E-state index in [2.05, 4.69) is 62.7 Å². The third-order valence-electron chi connectivity index (χ3n) is 4.56. The number of fused-ring (bicyclic) bond motifs is 1. The van der Waals surface area contributed by atoms with E-state index in [0.717, 1.165) is 32.7 Å². The number of anilines is 1. The van der Waals surface area contributed by atoms with Crippen LogP contribution in [-0.4, -0.2) is 27.1 Å². The average molecular weight is 450 g/mol. The summed E-state index contributed by atoms with van der Waals surface area (Å²) in [5, 5.41) is 5.74. The van der Waals surface area contributed by atoms with Crippen molar-refractivity contribution in [2.75, 3.05) is 11.9 Å². The molecule has 0 aliphatic heterocycles. The number of hydrogen-bond donors (Lipinski definition) is 2. The average Bonchev–Trinajstić information content (AvgIpc) is 3.09. The van der Waals surface area contributed by atoms with Gasteiger partial charge in [0.15, 0.2) is 5.65 Å². The molecular formula is C22H20BrN5O. The van der Waals surface area contributed by atoms with Crippen LogP contribution in [0.5, 0.6) is 0 Å². The zero-order valence-corrected chi connectivity index (χ0v) is 17.5. The van der Waals surface area contributed by atoms with Gasteiger partial charge in [0.1, 0.15) is 11.3 Å². The summed E-state index contributed by atoms with van der Waals surface area (Å²) >= 11 is 3.43. The van der Waals surface area contributed by atoms with Crippen molar-refractivity contribution in [3.8, 4) is 11.4 Å². The Labute approximate surface area is 177 Å².